The molecule has 0 saturated heterocycles. The topological polar surface area (TPSA) is 78.9 Å². The number of halogens is 1. The van der Waals surface area contributed by atoms with E-state index in [1.54, 1.807) is 24.3 Å². The molecule has 5 rings (SSSR count). The maximum atomic E-state index is 5.87. The third kappa shape index (κ3) is 3.33. The number of benzene rings is 2. The minimum atomic E-state index is 0.189. The second-order valence-electron chi connectivity index (χ2n) is 6.93. The van der Waals surface area contributed by atoms with Gasteiger partial charge in [-0.15, -0.1) is 5.10 Å². The highest BCUT2D eigenvalue weighted by molar-refractivity contribution is 6.30. The number of aromatic nitrogens is 5. The molecule has 4 aromatic rings. The van der Waals surface area contributed by atoms with Crippen molar-refractivity contribution >= 4 is 22.6 Å². The van der Waals surface area contributed by atoms with Gasteiger partial charge in [0.05, 0.1) is 11.6 Å². The summed E-state index contributed by atoms with van der Waals surface area (Å²) in [5, 5.41) is 13.4. The molecule has 0 aliphatic heterocycles. The van der Waals surface area contributed by atoms with E-state index in [1.807, 2.05) is 22.9 Å². The summed E-state index contributed by atoms with van der Waals surface area (Å²) in [6.07, 6.45) is 4.85. The monoisotopic (exact) mass is 395 g/mol. The van der Waals surface area contributed by atoms with Gasteiger partial charge in [-0.2, -0.15) is 4.98 Å². The Morgan fingerprint density at radius 2 is 1.93 bits per heavy atom. The van der Waals surface area contributed by atoms with Gasteiger partial charge in [0.15, 0.2) is 6.61 Å². The van der Waals surface area contributed by atoms with E-state index in [4.69, 9.17) is 20.9 Å². The van der Waals surface area contributed by atoms with Crippen LogP contribution >= 0.6 is 11.6 Å². The van der Waals surface area contributed by atoms with Crippen LogP contribution < -0.4 is 4.74 Å². The van der Waals surface area contributed by atoms with Crippen molar-refractivity contribution in [1.82, 2.24) is 25.1 Å². The summed E-state index contributed by atoms with van der Waals surface area (Å²) in [6, 6.07) is 13.5. The van der Waals surface area contributed by atoms with Crippen molar-refractivity contribution in [3.05, 3.63) is 53.4 Å². The first-order valence-electron chi connectivity index (χ1n) is 9.32. The molecule has 0 spiro atoms. The number of rotatable bonds is 5. The lowest BCUT2D eigenvalue weighted by molar-refractivity contribution is 0.243. The van der Waals surface area contributed by atoms with Crippen LogP contribution in [-0.2, 0) is 6.61 Å². The van der Waals surface area contributed by atoms with E-state index in [2.05, 4.69) is 20.5 Å². The zero-order chi connectivity index (χ0) is 18.9. The van der Waals surface area contributed by atoms with Gasteiger partial charge in [-0.3, -0.25) is 0 Å². The van der Waals surface area contributed by atoms with E-state index in [0.29, 0.717) is 28.5 Å². The molecule has 0 bridgehead atoms. The Balaban J connectivity index is 1.33. The fourth-order valence-electron chi connectivity index (χ4n) is 3.61. The molecule has 1 fully saturated rings. The third-order valence-corrected chi connectivity index (χ3v) is 5.30. The van der Waals surface area contributed by atoms with Crippen LogP contribution in [0.3, 0.4) is 0 Å². The van der Waals surface area contributed by atoms with Crippen LogP contribution in [0.2, 0.25) is 5.02 Å². The number of nitrogens with zero attached hydrogens (tertiary/aromatic N) is 5. The second kappa shape index (κ2) is 7.24. The van der Waals surface area contributed by atoms with E-state index >= 15 is 0 Å². The molecule has 0 amide bonds. The van der Waals surface area contributed by atoms with Gasteiger partial charge in [0.2, 0.25) is 5.82 Å². The predicted octanol–water partition coefficient (Wildman–Crippen LogP) is 4.83. The number of hydrogen-bond donors (Lipinski definition) is 0. The van der Waals surface area contributed by atoms with Crippen LogP contribution in [-0.4, -0.2) is 25.1 Å². The van der Waals surface area contributed by atoms with Crippen molar-refractivity contribution in [2.75, 3.05) is 0 Å². The first kappa shape index (κ1) is 17.2. The molecule has 2 aromatic heterocycles. The Morgan fingerprint density at radius 1 is 1.11 bits per heavy atom. The van der Waals surface area contributed by atoms with Gasteiger partial charge in [0.1, 0.15) is 11.3 Å². The zero-order valence-electron chi connectivity index (χ0n) is 15.1. The average molecular weight is 396 g/mol. The number of fused-ring (bicyclic) bond motifs is 1. The number of hydrogen-bond acceptors (Lipinski definition) is 6. The first-order valence-corrected chi connectivity index (χ1v) is 9.70. The minimum absolute atomic E-state index is 0.189. The van der Waals surface area contributed by atoms with Crippen LogP contribution in [0.15, 0.2) is 47.0 Å². The number of ether oxygens (including phenoxy) is 1. The lowest BCUT2D eigenvalue weighted by Gasteiger charge is -2.09. The normalized spacial score (nSPS) is 14.8. The van der Waals surface area contributed by atoms with E-state index in [1.165, 1.54) is 25.7 Å². The van der Waals surface area contributed by atoms with Crippen LogP contribution in [0, 0.1) is 0 Å². The zero-order valence-corrected chi connectivity index (χ0v) is 15.8. The smallest absolute Gasteiger partial charge is 0.264 e. The molecule has 1 saturated carbocycles. The van der Waals surface area contributed by atoms with Crippen LogP contribution in [0.4, 0.5) is 0 Å². The molecule has 0 N–H and O–H groups in total. The van der Waals surface area contributed by atoms with Gasteiger partial charge in [0.25, 0.3) is 5.89 Å². The van der Waals surface area contributed by atoms with Crippen LogP contribution in [0.1, 0.15) is 37.6 Å². The largest absolute Gasteiger partial charge is 0.484 e. The summed E-state index contributed by atoms with van der Waals surface area (Å²) in [6.45, 7) is 0.189. The molecule has 142 valence electrons. The molecule has 8 heteroatoms. The van der Waals surface area contributed by atoms with Crippen molar-refractivity contribution < 1.29 is 9.26 Å². The summed E-state index contributed by atoms with van der Waals surface area (Å²) >= 11 is 5.87. The van der Waals surface area contributed by atoms with Gasteiger partial charge >= 0.3 is 0 Å². The molecule has 2 aromatic carbocycles. The molecule has 2 heterocycles. The van der Waals surface area contributed by atoms with Crippen molar-refractivity contribution in [3.8, 4) is 17.1 Å². The summed E-state index contributed by atoms with van der Waals surface area (Å²) in [5.74, 6) is 1.60. The highest BCUT2D eigenvalue weighted by atomic mass is 35.5. The molecular weight excluding hydrogens is 378 g/mol. The van der Waals surface area contributed by atoms with E-state index in [0.717, 1.165) is 16.6 Å². The van der Waals surface area contributed by atoms with E-state index in [-0.39, 0.29) is 6.61 Å². The summed E-state index contributed by atoms with van der Waals surface area (Å²) in [4.78, 5) is 4.42. The highest BCUT2D eigenvalue weighted by Gasteiger charge is 2.20. The van der Waals surface area contributed by atoms with E-state index < -0.39 is 0 Å². The molecule has 1 aliphatic rings. The van der Waals surface area contributed by atoms with Gasteiger partial charge in [-0.05, 0) is 55.3 Å². The first-order chi connectivity index (χ1) is 13.8. The molecule has 1 aliphatic carbocycles. The second-order valence-corrected chi connectivity index (χ2v) is 7.37. The lowest BCUT2D eigenvalue weighted by Crippen LogP contribution is -2.06. The Kier molecular flexibility index (Phi) is 4.44. The maximum absolute atomic E-state index is 5.87. The molecule has 28 heavy (non-hydrogen) atoms. The van der Waals surface area contributed by atoms with Gasteiger partial charge in [-0.1, -0.05) is 34.8 Å². The summed E-state index contributed by atoms with van der Waals surface area (Å²) < 4.78 is 13.0. The SMILES string of the molecule is Clc1ccc(OCc2nc(-c3ccc4c(c3)nnn4C3CCCC3)no2)cc1. The highest BCUT2D eigenvalue weighted by Crippen LogP contribution is 2.32. The standard InChI is InChI=1S/C20H18ClN5O2/c21-14-6-8-16(9-7-14)27-12-19-22-20(24-28-19)13-5-10-18-17(11-13)23-25-26(18)15-3-1-2-4-15/h5-11,15H,1-4,12H2. The third-order valence-electron chi connectivity index (χ3n) is 5.04. The van der Waals surface area contributed by atoms with Crippen molar-refractivity contribution in [3.63, 3.8) is 0 Å². The molecular formula is C20H18ClN5O2. The summed E-state index contributed by atoms with van der Waals surface area (Å²) in [5.41, 5.74) is 2.73. The predicted molar refractivity (Wildman–Crippen MR) is 104 cm³/mol. The Labute approximate surface area is 166 Å². The van der Waals surface area contributed by atoms with Crippen molar-refractivity contribution in [1.29, 1.82) is 0 Å². The Morgan fingerprint density at radius 3 is 2.75 bits per heavy atom. The molecule has 0 unspecified atom stereocenters. The van der Waals surface area contributed by atoms with Gasteiger partial charge < -0.3 is 9.26 Å². The van der Waals surface area contributed by atoms with Gasteiger partial charge in [-0.25, -0.2) is 4.68 Å². The Bertz CT molecular complexity index is 1100. The lowest BCUT2D eigenvalue weighted by atomic mass is 10.1. The summed E-state index contributed by atoms with van der Waals surface area (Å²) in [7, 11) is 0. The molecule has 0 atom stereocenters. The van der Waals surface area contributed by atoms with E-state index in [9.17, 15) is 0 Å². The maximum Gasteiger partial charge on any atom is 0.264 e. The van der Waals surface area contributed by atoms with Crippen molar-refractivity contribution in [2.24, 2.45) is 0 Å². The fourth-order valence-corrected chi connectivity index (χ4v) is 3.73. The Hall–Kier alpha value is -2.93. The van der Waals surface area contributed by atoms with Gasteiger partial charge in [0, 0.05) is 10.6 Å². The van der Waals surface area contributed by atoms with Crippen LogP contribution in [0.5, 0.6) is 5.75 Å². The molecule has 0 radical (unpaired) electrons. The van der Waals surface area contributed by atoms with Crippen LogP contribution in [0.25, 0.3) is 22.4 Å². The quantitative estimate of drug-likeness (QED) is 0.481. The molecule has 7 nitrogen and oxygen atoms in total. The minimum Gasteiger partial charge on any atom is -0.484 e. The average Bonchev–Trinajstić information content (AvgIpc) is 3.46. The van der Waals surface area contributed by atoms with Crippen molar-refractivity contribution in [2.45, 2.75) is 38.3 Å². The fraction of sp³-hybridized carbons (Fsp3) is 0.300.